The van der Waals surface area contributed by atoms with Crippen molar-refractivity contribution >= 4 is 29.1 Å². The second-order valence-corrected chi connectivity index (χ2v) is 5.59. The van der Waals surface area contributed by atoms with Crippen molar-refractivity contribution in [1.82, 2.24) is 5.32 Å². The van der Waals surface area contributed by atoms with E-state index in [1.165, 1.54) is 0 Å². The molecule has 22 heavy (non-hydrogen) atoms. The first-order chi connectivity index (χ1) is 10.4. The highest BCUT2D eigenvalue weighted by Crippen LogP contribution is 2.33. The predicted molar refractivity (Wildman–Crippen MR) is 88.4 cm³/mol. The van der Waals surface area contributed by atoms with Gasteiger partial charge in [0.2, 0.25) is 11.8 Å². The Morgan fingerprint density at radius 1 is 1.23 bits per heavy atom. The number of anilines is 1. The molecular formula is C16H23ClN2O3. The molecule has 0 atom stereocenters. The maximum atomic E-state index is 12.0. The van der Waals surface area contributed by atoms with Crippen molar-refractivity contribution in [3.05, 3.63) is 23.2 Å². The first-order valence-corrected chi connectivity index (χ1v) is 7.83. The van der Waals surface area contributed by atoms with Crippen molar-refractivity contribution in [3.8, 4) is 5.75 Å². The zero-order valence-corrected chi connectivity index (χ0v) is 14.0. The molecule has 0 aliphatic heterocycles. The number of carbonyl (C=O) groups excluding carboxylic acids is 2. The zero-order valence-electron chi connectivity index (χ0n) is 13.2. The molecule has 1 rings (SSSR count). The van der Waals surface area contributed by atoms with E-state index in [1.54, 1.807) is 18.2 Å². The molecular weight excluding hydrogens is 304 g/mol. The number of hydrogen-bond donors (Lipinski definition) is 2. The van der Waals surface area contributed by atoms with Crippen LogP contribution in [0.5, 0.6) is 5.75 Å². The predicted octanol–water partition coefficient (Wildman–Crippen LogP) is 3.37. The third-order valence-corrected chi connectivity index (χ3v) is 3.04. The van der Waals surface area contributed by atoms with Gasteiger partial charge in [-0.15, -0.1) is 0 Å². The fraction of sp³-hybridized carbons (Fsp3) is 0.500. The third kappa shape index (κ3) is 6.35. The second kappa shape index (κ2) is 9.30. The van der Waals surface area contributed by atoms with Crippen molar-refractivity contribution in [2.45, 2.75) is 46.1 Å². The number of benzene rings is 1. The summed E-state index contributed by atoms with van der Waals surface area (Å²) in [7, 11) is 0. The molecule has 0 aliphatic rings. The normalized spacial score (nSPS) is 10.4. The van der Waals surface area contributed by atoms with Gasteiger partial charge in [0.1, 0.15) is 0 Å². The Morgan fingerprint density at radius 2 is 1.91 bits per heavy atom. The van der Waals surface area contributed by atoms with Crippen LogP contribution in [0.2, 0.25) is 5.02 Å². The van der Waals surface area contributed by atoms with Crippen LogP contribution in [-0.2, 0) is 9.59 Å². The molecule has 0 heterocycles. The molecule has 0 saturated heterocycles. The molecule has 2 N–H and O–H groups in total. The summed E-state index contributed by atoms with van der Waals surface area (Å²) in [4.78, 5) is 23.4. The van der Waals surface area contributed by atoms with Crippen molar-refractivity contribution in [2.75, 3.05) is 11.9 Å². The Morgan fingerprint density at radius 3 is 2.55 bits per heavy atom. The third-order valence-electron chi connectivity index (χ3n) is 2.75. The smallest absolute Gasteiger partial charge is 0.224 e. The summed E-state index contributed by atoms with van der Waals surface area (Å²) in [5.41, 5.74) is 0.514. The lowest BCUT2D eigenvalue weighted by atomic mass is 10.2. The van der Waals surface area contributed by atoms with Gasteiger partial charge in [-0.1, -0.05) is 24.6 Å². The van der Waals surface area contributed by atoms with E-state index in [0.29, 0.717) is 23.0 Å². The largest absolute Gasteiger partial charge is 0.487 e. The minimum atomic E-state index is -0.248. The van der Waals surface area contributed by atoms with E-state index in [1.807, 2.05) is 20.8 Å². The fourth-order valence-electron chi connectivity index (χ4n) is 1.76. The van der Waals surface area contributed by atoms with Gasteiger partial charge in [0, 0.05) is 19.4 Å². The fourth-order valence-corrected chi connectivity index (χ4v) is 1.97. The van der Waals surface area contributed by atoms with Gasteiger partial charge in [0.25, 0.3) is 0 Å². The topological polar surface area (TPSA) is 67.4 Å². The van der Waals surface area contributed by atoms with Crippen LogP contribution >= 0.6 is 11.6 Å². The molecule has 0 fully saturated rings. The highest BCUT2D eigenvalue weighted by Gasteiger charge is 2.13. The summed E-state index contributed by atoms with van der Waals surface area (Å²) < 4.78 is 5.63. The van der Waals surface area contributed by atoms with Crippen molar-refractivity contribution in [3.63, 3.8) is 0 Å². The van der Waals surface area contributed by atoms with Crippen LogP contribution in [0.3, 0.4) is 0 Å². The van der Waals surface area contributed by atoms with Gasteiger partial charge in [0.15, 0.2) is 5.75 Å². The summed E-state index contributed by atoms with van der Waals surface area (Å²) in [6.07, 6.45) is 1.09. The van der Waals surface area contributed by atoms with Gasteiger partial charge in [-0.25, -0.2) is 0 Å². The molecule has 0 aromatic heterocycles. The summed E-state index contributed by atoms with van der Waals surface area (Å²) in [5, 5.41) is 5.91. The summed E-state index contributed by atoms with van der Waals surface area (Å²) in [5.74, 6) is 0.0761. The van der Waals surface area contributed by atoms with E-state index in [0.717, 1.165) is 6.42 Å². The molecule has 6 heteroatoms. The van der Waals surface area contributed by atoms with Gasteiger partial charge in [-0.05, 0) is 32.4 Å². The molecule has 0 unspecified atom stereocenters. The van der Waals surface area contributed by atoms with Gasteiger partial charge in [-0.2, -0.15) is 0 Å². The van der Waals surface area contributed by atoms with Gasteiger partial charge in [-0.3, -0.25) is 9.59 Å². The first-order valence-electron chi connectivity index (χ1n) is 7.45. The maximum absolute atomic E-state index is 12.0. The number of nitrogens with one attached hydrogen (secondary N) is 2. The minimum absolute atomic E-state index is 0.0598. The van der Waals surface area contributed by atoms with E-state index in [2.05, 4.69) is 10.6 Å². The van der Waals surface area contributed by atoms with Crippen LogP contribution in [0.15, 0.2) is 18.2 Å². The average molecular weight is 327 g/mol. The van der Waals surface area contributed by atoms with Crippen LogP contribution in [0.25, 0.3) is 0 Å². The molecule has 5 nitrogen and oxygen atoms in total. The molecule has 0 saturated carbocycles. The van der Waals surface area contributed by atoms with Crippen molar-refractivity contribution in [2.24, 2.45) is 0 Å². The number of carbonyl (C=O) groups is 2. The lowest BCUT2D eigenvalue weighted by Gasteiger charge is -2.16. The summed E-state index contributed by atoms with van der Waals surface area (Å²) >= 11 is 6.10. The molecule has 0 spiro atoms. The van der Waals surface area contributed by atoms with Gasteiger partial charge < -0.3 is 15.4 Å². The Labute approximate surface area is 136 Å². The van der Waals surface area contributed by atoms with E-state index in [9.17, 15) is 9.59 Å². The van der Waals surface area contributed by atoms with Crippen LogP contribution in [0.4, 0.5) is 5.69 Å². The number of ether oxygens (including phenoxy) is 1. The van der Waals surface area contributed by atoms with Gasteiger partial charge in [0.05, 0.1) is 16.8 Å². The molecule has 122 valence electrons. The molecule has 2 amide bonds. The number of para-hydroxylation sites is 1. The number of halogens is 1. The van der Waals surface area contributed by atoms with E-state index in [-0.39, 0.29) is 30.8 Å². The molecule has 0 aliphatic carbocycles. The Bertz CT molecular complexity index is 518. The van der Waals surface area contributed by atoms with Crippen molar-refractivity contribution < 1.29 is 14.3 Å². The zero-order chi connectivity index (χ0) is 16.5. The Kier molecular flexibility index (Phi) is 7.74. The summed E-state index contributed by atoms with van der Waals surface area (Å²) in [6.45, 7) is 6.36. The number of amides is 2. The van der Waals surface area contributed by atoms with Crippen LogP contribution in [-0.4, -0.2) is 24.5 Å². The quantitative estimate of drug-likeness (QED) is 0.769. The van der Waals surface area contributed by atoms with Gasteiger partial charge >= 0.3 is 0 Å². The standard InChI is InChI=1S/C16H23ClN2O3/c1-4-10-18-14(20)8-9-15(21)19-13-7-5-6-12(17)16(13)22-11(2)3/h5-7,11H,4,8-10H2,1-3H3,(H,18,20)(H,19,21). The highest BCUT2D eigenvalue weighted by atomic mass is 35.5. The number of hydrogen-bond acceptors (Lipinski definition) is 3. The van der Waals surface area contributed by atoms with E-state index < -0.39 is 0 Å². The SMILES string of the molecule is CCCNC(=O)CCC(=O)Nc1cccc(Cl)c1OC(C)C. The highest BCUT2D eigenvalue weighted by molar-refractivity contribution is 6.32. The molecule has 1 aromatic rings. The monoisotopic (exact) mass is 326 g/mol. The second-order valence-electron chi connectivity index (χ2n) is 5.18. The van der Waals surface area contributed by atoms with Crippen LogP contribution in [0.1, 0.15) is 40.0 Å². The minimum Gasteiger partial charge on any atom is -0.487 e. The number of rotatable bonds is 8. The van der Waals surface area contributed by atoms with Crippen LogP contribution < -0.4 is 15.4 Å². The Hall–Kier alpha value is -1.75. The molecule has 0 bridgehead atoms. The average Bonchev–Trinajstić information content (AvgIpc) is 2.46. The van der Waals surface area contributed by atoms with E-state index >= 15 is 0 Å². The summed E-state index contributed by atoms with van der Waals surface area (Å²) in [6, 6.07) is 5.16. The Balaban J connectivity index is 2.61. The van der Waals surface area contributed by atoms with Crippen molar-refractivity contribution in [1.29, 1.82) is 0 Å². The maximum Gasteiger partial charge on any atom is 0.224 e. The van der Waals surface area contributed by atoms with E-state index in [4.69, 9.17) is 16.3 Å². The first kappa shape index (κ1) is 18.3. The van der Waals surface area contributed by atoms with Crippen LogP contribution in [0, 0.1) is 0 Å². The lowest BCUT2D eigenvalue weighted by molar-refractivity contribution is -0.124. The molecule has 0 radical (unpaired) electrons. The molecule has 1 aromatic carbocycles. The lowest BCUT2D eigenvalue weighted by Crippen LogP contribution is -2.25.